The van der Waals surface area contributed by atoms with E-state index in [0.29, 0.717) is 0 Å². The second kappa shape index (κ2) is 6.12. The van der Waals surface area contributed by atoms with Gasteiger partial charge in [-0.05, 0) is 13.0 Å². The molecule has 0 amide bonds. The maximum atomic E-state index is 11.5. The van der Waals surface area contributed by atoms with Crippen LogP contribution in [0.5, 0.6) is 0 Å². The van der Waals surface area contributed by atoms with Crippen molar-refractivity contribution in [1.29, 1.82) is 5.26 Å². The van der Waals surface area contributed by atoms with E-state index in [1.165, 1.54) is 6.07 Å². The van der Waals surface area contributed by atoms with Crippen molar-refractivity contribution in [2.24, 2.45) is 0 Å². The van der Waals surface area contributed by atoms with Gasteiger partial charge >= 0.3 is 5.97 Å². The lowest BCUT2D eigenvalue weighted by molar-refractivity contribution is -0.385. The van der Waals surface area contributed by atoms with E-state index in [4.69, 9.17) is 10.00 Å². The number of ether oxygens (including phenoxy) is 1. The predicted molar refractivity (Wildman–Crippen MR) is 66.4 cm³/mol. The fourth-order valence-corrected chi connectivity index (χ4v) is 1.98. The van der Waals surface area contributed by atoms with Crippen molar-refractivity contribution in [1.82, 2.24) is 0 Å². The Hall–Kier alpha value is -1.94. The second-order valence-electron chi connectivity index (χ2n) is 3.24. The molecule has 0 bridgehead atoms. The van der Waals surface area contributed by atoms with Crippen LogP contribution in [0, 0.1) is 21.4 Å². The van der Waals surface area contributed by atoms with Crippen molar-refractivity contribution < 1.29 is 14.5 Å². The largest absolute Gasteiger partial charge is 0.462 e. The molecule has 0 aliphatic carbocycles. The molecule has 0 heterocycles. The van der Waals surface area contributed by atoms with Crippen LogP contribution in [0.3, 0.4) is 0 Å². The van der Waals surface area contributed by atoms with Crippen LogP contribution >= 0.6 is 15.9 Å². The highest BCUT2D eigenvalue weighted by Gasteiger charge is 2.21. The van der Waals surface area contributed by atoms with Gasteiger partial charge in [0.25, 0.3) is 5.69 Å². The molecule has 0 aromatic heterocycles. The van der Waals surface area contributed by atoms with Gasteiger partial charge in [0.2, 0.25) is 0 Å². The molecule has 1 aromatic rings. The molecule has 1 rings (SSSR count). The van der Waals surface area contributed by atoms with Crippen LogP contribution in [0.1, 0.15) is 28.4 Å². The summed E-state index contributed by atoms with van der Waals surface area (Å²) in [5.41, 5.74) is 0.0680. The van der Waals surface area contributed by atoms with E-state index in [9.17, 15) is 14.9 Å². The minimum Gasteiger partial charge on any atom is -0.462 e. The molecule has 0 saturated heterocycles. The number of nitrogens with zero attached hydrogens (tertiary/aromatic N) is 2. The maximum Gasteiger partial charge on any atom is 0.338 e. The molecule has 1 aromatic carbocycles. The Bertz CT molecular complexity index is 537. The number of carbonyl (C=O) groups is 1. The Morgan fingerprint density at radius 2 is 2.28 bits per heavy atom. The number of benzene rings is 1. The van der Waals surface area contributed by atoms with Gasteiger partial charge in [-0.25, -0.2) is 4.79 Å². The lowest BCUT2D eigenvalue weighted by atomic mass is 10.0. The number of rotatable bonds is 4. The van der Waals surface area contributed by atoms with Crippen LogP contribution in [0.2, 0.25) is 0 Å². The monoisotopic (exact) mass is 312 g/mol. The second-order valence-corrected chi connectivity index (χ2v) is 3.81. The summed E-state index contributed by atoms with van der Waals surface area (Å²) in [4.78, 5) is 21.8. The Balaban J connectivity index is 3.42. The van der Waals surface area contributed by atoms with Crippen LogP contribution in [-0.2, 0) is 10.1 Å². The third kappa shape index (κ3) is 2.84. The molecule has 0 aliphatic rings. The topological polar surface area (TPSA) is 93.2 Å². The Labute approximate surface area is 111 Å². The number of nitriles is 1. The Morgan fingerprint density at radius 3 is 2.72 bits per heavy atom. The fourth-order valence-electron chi connectivity index (χ4n) is 1.39. The Morgan fingerprint density at radius 1 is 1.61 bits per heavy atom. The zero-order valence-corrected chi connectivity index (χ0v) is 11.1. The normalized spacial score (nSPS) is 9.61. The van der Waals surface area contributed by atoms with Crippen molar-refractivity contribution in [3.63, 3.8) is 0 Å². The summed E-state index contributed by atoms with van der Waals surface area (Å²) in [5.74, 6) is -0.682. The first kappa shape index (κ1) is 14.1. The number of esters is 1. The average Bonchev–Trinajstić information content (AvgIpc) is 2.37. The predicted octanol–water partition coefficient (Wildman–Crippen LogP) is 2.54. The molecule has 0 radical (unpaired) electrons. The number of nitro groups is 1. The highest BCUT2D eigenvalue weighted by atomic mass is 79.9. The van der Waals surface area contributed by atoms with E-state index >= 15 is 0 Å². The highest BCUT2D eigenvalue weighted by Crippen LogP contribution is 2.27. The molecule has 7 heteroatoms. The standard InChI is InChI=1S/C11H9BrN2O4/c1-2-18-11(15)7-3-8(6-13)9(5-12)10(4-7)14(16)17/h3-4H,2,5H2,1H3. The van der Waals surface area contributed by atoms with Gasteiger partial charge in [0, 0.05) is 11.4 Å². The van der Waals surface area contributed by atoms with Crippen molar-refractivity contribution in [3.8, 4) is 6.07 Å². The molecule has 94 valence electrons. The molecular formula is C11H9BrN2O4. The van der Waals surface area contributed by atoms with Crippen LogP contribution < -0.4 is 0 Å². The number of nitro benzene ring substituents is 1. The van der Waals surface area contributed by atoms with Crippen molar-refractivity contribution in [3.05, 3.63) is 38.9 Å². The summed E-state index contributed by atoms with van der Waals surface area (Å²) in [7, 11) is 0. The quantitative estimate of drug-likeness (QED) is 0.368. The number of hydrogen-bond acceptors (Lipinski definition) is 5. The molecule has 0 N–H and O–H groups in total. The summed E-state index contributed by atoms with van der Waals surface area (Å²) >= 11 is 3.09. The Kier molecular flexibility index (Phi) is 4.80. The number of halogens is 1. The van der Waals surface area contributed by atoms with Crippen molar-refractivity contribution >= 4 is 27.6 Å². The lowest BCUT2D eigenvalue weighted by Crippen LogP contribution is -2.07. The number of alkyl halides is 1. The molecule has 0 unspecified atom stereocenters. The molecule has 0 spiro atoms. The first-order valence-corrected chi connectivity index (χ1v) is 6.11. The fraction of sp³-hybridized carbons (Fsp3) is 0.273. The molecule has 6 nitrogen and oxygen atoms in total. The van der Waals surface area contributed by atoms with E-state index in [0.717, 1.165) is 6.07 Å². The third-order valence-electron chi connectivity index (χ3n) is 2.19. The molecular weight excluding hydrogens is 304 g/mol. The van der Waals surface area contributed by atoms with E-state index in [2.05, 4.69) is 15.9 Å². The van der Waals surface area contributed by atoms with Gasteiger partial charge < -0.3 is 4.74 Å². The summed E-state index contributed by atoms with van der Waals surface area (Å²) in [5, 5.41) is 20.0. The van der Waals surface area contributed by atoms with Crippen molar-refractivity contribution in [2.75, 3.05) is 6.61 Å². The first-order valence-electron chi connectivity index (χ1n) is 4.99. The van der Waals surface area contributed by atoms with Gasteiger partial charge in [-0.2, -0.15) is 5.26 Å². The van der Waals surface area contributed by atoms with E-state index in [1.807, 2.05) is 6.07 Å². The van der Waals surface area contributed by atoms with Crippen LogP contribution in [0.15, 0.2) is 12.1 Å². The molecule has 0 aliphatic heterocycles. The van der Waals surface area contributed by atoms with Gasteiger partial charge in [-0.1, -0.05) is 15.9 Å². The summed E-state index contributed by atoms with van der Waals surface area (Å²) in [6.45, 7) is 1.79. The molecule has 0 saturated carbocycles. The zero-order valence-electron chi connectivity index (χ0n) is 9.47. The minimum absolute atomic E-state index is 0.00444. The van der Waals surface area contributed by atoms with E-state index < -0.39 is 10.9 Å². The summed E-state index contributed by atoms with van der Waals surface area (Å²) < 4.78 is 4.75. The van der Waals surface area contributed by atoms with Crippen LogP contribution in [-0.4, -0.2) is 17.5 Å². The number of carbonyl (C=O) groups excluding carboxylic acids is 1. The van der Waals surface area contributed by atoms with Gasteiger partial charge in [0.15, 0.2) is 0 Å². The van der Waals surface area contributed by atoms with E-state index in [-0.39, 0.29) is 34.3 Å². The highest BCUT2D eigenvalue weighted by molar-refractivity contribution is 9.08. The van der Waals surface area contributed by atoms with Gasteiger partial charge in [-0.3, -0.25) is 10.1 Å². The molecule has 18 heavy (non-hydrogen) atoms. The lowest BCUT2D eigenvalue weighted by Gasteiger charge is -2.06. The van der Waals surface area contributed by atoms with E-state index in [1.54, 1.807) is 6.92 Å². The van der Waals surface area contributed by atoms with Gasteiger partial charge in [0.1, 0.15) is 0 Å². The van der Waals surface area contributed by atoms with Crippen LogP contribution in [0.4, 0.5) is 5.69 Å². The third-order valence-corrected chi connectivity index (χ3v) is 2.75. The average molecular weight is 313 g/mol. The minimum atomic E-state index is -0.682. The number of hydrogen-bond donors (Lipinski definition) is 0. The zero-order chi connectivity index (χ0) is 13.7. The SMILES string of the molecule is CCOC(=O)c1cc(C#N)c(CBr)c([N+](=O)[O-])c1. The molecule has 0 fully saturated rings. The van der Waals surface area contributed by atoms with Crippen molar-refractivity contribution in [2.45, 2.75) is 12.3 Å². The summed E-state index contributed by atoms with van der Waals surface area (Å²) in [6, 6.07) is 4.25. The first-order chi connectivity index (χ1) is 8.54. The maximum absolute atomic E-state index is 11.5. The molecule has 0 atom stereocenters. The smallest absolute Gasteiger partial charge is 0.338 e. The van der Waals surface area contributed by atoms with Crippen LogP contribution in [0.25, 0.3) is 0 Å². The van der Waals surface area contributed by atoms with Gasteiger partial charge in [0.05, 0.1) is 34.3 Å². The van der Waals surface area contributed by atoms with Gasteiger partial charge in [-0.15, -0.1) is 0 Å². The summed E-state index contributed by atoms with van der Waals surface area (Å²) in [6.07, 6.45) is 0.